The Balaban J connectivity index is 2.70. The van der Waals surface area contributed by atoms with Gasteiger partial charge in [-0.25, -0.2) is 0 Å². The van der Waals surface area contributed by atoms with Crippen LogP contribution in [0, 0.1) is 0 Å². The number of rotatable bonds is 6. The van der Waals surface area contributed by atoms with Gasteiger partial charge in [0, 0.05) is 5.41 Å². The maximum atomic E-state index is 11.3. The molecule has 0 bridgehead atoms. The SMILES string of the molecule is CCCC(C)(NCc1noc(C(C)(C)C)n1)C(=O)O. The van der Waals surface area contributed by atoms with Gasteiger partial charge in [-0.1, -0.05) is 39.3 Å². The molecule has 0 aliphatic carbocycles. The normalized spacial score (nSPS) is 15.2. The summed E-state index contributed by atoms with van der Waals surface area (Å²) < 4.78 is 5.17. The number of hydrogen-bond acceptors (Lipinski definition) is 5. The van der Waals surface area contributed by atoms with E-state index in [-0.39, 0.29) is 12.0 Å². The van der Waals surface area contributed by atoms with Gasteiger partial charge in [0.2, 0.25) is 5.89 Å². The maximum Gasteiger partial charge on any atom is 0.323 e. The van der Waals surface area contributed by atoms with Crippen LogP contribution in [0.3, 0.4) is 0 Å². The van der Waals surface area contributed by atoms with Gasteiger partial charge in [0.25, 0.3) is 0 Å². The summed E-state index contributed by atoms with van der Waals surface area (Å²) in [5.41, 5.74) is -1.16. The van der Waals surface area contributed by atoms with E-state index in [9.17, 15) is 9.90 Å². The molecule has 0 aromatic carbocycles. The van der Waals surface area contributed by atoms with Crippen molar-refractivity contribution in [3.63, 3.8) is 0 Å². The van der Waals surface area contributed by atoms with E-state index < -0.39 is 11.5 Å². The van der Waals surface area contributed by atoms with E-state index in [4.69, 9.17) is 4.52 Å². The molecule has 0 radical (unpaired) electrons. The van der Waals surface area contributed by atoms with Gasteiger partial charge in [-0.15, -0.1) is 0 Å². The first-order valence-corrected chi connectivity index (χ1v) is 6.50. The van der Waals surface area contributed by atoms with E-state index in [1.165, 1.54) is 0 Å². The molecule has 1 unspecified atom stereocenters. The first kappa shape index (κ1) is 15.6. The van der Waals surface area contributed by atoms with Crippen molar-refractivity contribution in [2.24, 2.45) is 0 Å². The molecule has 1 aromatic heterocycles. The molecule has 0 aliphatic heterocycles. The molecule has 19 heavy (non-hydrogen) atoms. The summed E-state index contributed by atoms with van der Waals surface area (Å²) in [7, 11) is 0. The van der Waals surface area contributed by atoms with Crippen LogP contribution in [0.25, 0.3) is 0 Å². The molecule has 1 atom stereocenters. The highest BCUT2D eigenvalue weighted by atomic mass is 16.5. The van der Waals surface area contributed by atoms with Gasteiger partial charge in [-0.05, 0) is 13.3 Å². The van der Waals surface area contributed by atoms with Crippen molar-refractivity contribution in [1.82, 2.24) is 15.5 Å². The molecule has 6 nitrogen and oxygen atoms in total. The minimum absolute atomic E-state index is 0.204. The molecule has 6 heteroatoms. The fourth-order valence-corrected chi connectivity index (χ4v) is 1.68. The van der Waals surface area contributed by atoms with Gasteiger partial charge in [0.05, 0.1) is 6.54 Å². The summed E-state index contributed by atoms with van der Waals surface area (Å²) in [6, 6.07) is 0. The monoisotopic (exact) mass is 269 g/mol. The Morgan fingerprint density at radius 2 is 2.00 bits per heavy atom. The first-order valence-electron chi connectivity index (χ1n) is 6.50. The Kier molecular flexibility index (Phi) is 4.68. The van der Waals surface area contributed by atoms with Gasteiger partial charge < -0.3 is 9.63 Å². The number of carboxylic acids is 1. The predicted molar refractivity (Wildman–Crippen MR) is 70.8 cm³/mol. The summed E-state index contributed by atoms with van der Waals surface area (Å²) in [6.07, 6.45) is 1.33. The van der Waals surface area contributed by atoms with Crippen molar-refractivity contribution in [2.75, 3.05) is 0 Å². The smallest absolute Gasteiger partial charge is 0.323 e. The Morgan fingerprint density at radius 1 is 1.37 bits per heavy atom. The van der Waals surface area contributed by atoms with Crippen LogP contribution < -0.4 is 5.32 Å². The maximum absolute atomic E-state index is 11.3. The second-order valence-corrected chi connectivity index (χ2v) is 6.01. The van der Waals surface area contributed by atoms with Gasteiger partial charge >= 0.3 is 5.97 Å². The van der Waals surface area contributed by atoms with Gasteiger partial charge in [0.1, 0.15) is 5.54 Å². The van der Waals surface area contributed by atoms with Crippen molar-refractivity contribution in [3.8, 4) is 0 Å². The van der Waals surface area contributed by atoms with E-state index in [1.807, 2.05) is 27.7 Å². The van der Waals surface area contributed by atoms with Gasteiger partial charge in [0.15, 0.2) is 5.82 Å². The third-order valence-corrected chi connectivity index (χ3v) is 2.97. The molecule has 1 rings (SSSR count). The lowest BCUT2D eigenvalue weighted by molar-refractivity contribution is -0.144. The molecule has 0 aliphatic rings. The largest absolute Gasteiger partial charge is 0.480 e. The summed E-state index contributed by atoms with van der Waals surface area (Å²) in [5.74, 6) is 0.166. The fraction of sp³-hybridized carbons (Fsp3) is 0.769. The second kappa shape index (κ2) is 5.69. The van der Waals surface area contributed by atoms with E-state index in [2.05, 4.69) is 15.5 Å². The topological polar surface area (TPSA) is 88.3 Å². The average molecular weight is 269 g/mol. The summed E-state index contributed by atoms with van der Waals surface area (Å²) in [5, 5.41) is 16.1. The molecule has 0 spiro atoms. The quantitative estimate of drug-likeness (QED) is 0.822. The van der Waals surface area contributed by atoms with Crippen LogP contribution in [0.15, 0.2) is 4.52 Å². The second-order valence-electron chi connectivity index (χ2n) is 6.01. The van der Waals surface area contributed by atoms with E-state index in [1.54, 1.807) is 6.92 Å². The Bertz CT molecular complexity index is 437. The molecule has 0 fully saturated rings. The fourth-order valence-electron chi connectivity index (χ4n) is 1.68. The summed E-state index contributed by atoms with van der Waals surface area (Å²) in [4.78, 5) is 15.5. The summed E-state index contributed by atoms with van der Waals surface area (Å²) in [6.45, 7) is 9.85. The number of nitrogens with one attached hydrogen (secondary N) is 1. The van der Waals surface area contributed by atoms with Crippen molar-refractivity contribution >= 4 is 5.97 Å². The zero-order valence-corrected chi connectivity index (χ0v) is 12.3. The molecule has 2 N–H and O–H groups in total. The minimum atomic E-state index is -0.961. The van der Waals surface area contributed by atoms with Crippen LogP contribution in [0.4, 0.5) is 0 Å². The predicted octanol–water partition coefficient (Wildman–Crippen LogP) is 2.10. The molecule has 0 saturated heterocycles. The first-order chi connectivity index (χ1) is 8.69. The van der Waals surface area contributed by atoms with Crippen molar-refractivity contribution in [2.45, 2.75) is 65.0 Å². The standard InChI is InChI=1S/C13H23N3O3/c1-6-7-13(5,11(17)18)14-8-9-15-10(19-16-9)12(2,3)4/h14H,6-8H2,1-5H3,(H,17,18). The van der Waals surface area contributed by atoms with Crippen LogP contribution in [0.5, 0.6) is 0 Å². The Morgan fingerprint density at radius 3 is 2.42 bits per heavy atom. The van der Waals surface area contributed by atoms with Gasteiger partial charge in [-0.3, -0.25) is 10.1 Å². The zero-order valence-electron chi connectivity index (χ0n) is 12.3. The van der Waals surface area contributed by atoms with Crippen LogP contribution in [0.2, 0.25) is 0 Å². The molecule has 0 amide bonds. The van der Waals surface area contributed by atoms with Crippen LogP contribution in [-0.4, -0.2) is 26.8 Å². The number of nitrogens with zero attached hydrogens (tertiary/aromatic N) is 2. The average Bonchev–Trinajstić information content (AvgIpc) is 2.75. The summed E-state index contributed by atoms with van der Waals surface area (Å²) >= 11 is 0. The highest BCUT2D eigenvalue weighted by Gasteiger charge is 2.32. The Hall–Kier alpha value is -1.43. The number of hydrogen-bond donors (Lipinski definition) is 2. The number of carbonyl (C=O) groups is 1. The number of aliphatic carboxylic acids is 1. The lowest BCUT2D eigenvalue weighted by atomic mass is 9.96. The highest BCUT2D eigenvalue weighted by molar-refractivity contribution is 5.78. The molecule has 1 aromatic rings. The molecule has 1 heterocycles. The lowest BCUT2D eigenvalue weighted by Crippen LogP contribution is -2.49. The van der Waals surface area contributed by atoms with Gasteiger partial charge in [-0.2, -0.15) is 4.98 Å². The van der Waals surface area contributed by atoms with E-state index in [0.29, 0.717) is 18.1 Å². The zero-order chi connectivity index (χ0) is 14.7. The minimum Gasteiger partial charge on any atom is -0.480 e. The van der Waals surface area contributed by atoms with Crippen LogP contribution in [-0.2, 0) is 16.8 Å². The third kappa shape index (κ3) is 4.02. The van der Waals surface area contributed by atoms with Crippen molar-refractivity contribution in [1.29, 1.82) is 0 Å². The number of aromatic nitrogens is 2. The molecule has 108 valence electrons. The Labute approximate surface area is 113 Å². The van der Waals surface area contributed by atoms with E-state index in [0.717, 1.165) is 6.42 Å². The third-order valence-electron chi connectivity index (χ3n) is 2.97. The molecule has 0 saturated carbocycles. The van der Waals surface area contributed by atoms with Crippen LogP contribution in [0.1, 0.15) is 59.2 Å². The lowest BCUT2D eigenvalue weighted by Gasteiger charge is -2.25. The van der Waals surface area contributed by atoms with Crippen molar-refractivity contribution < 1.29 is 14.4 Å². The highest BCUT2D eigenvalue weighted by Crippen LogP contribution is 2.20. The molecular weight excluding hydrogens is 246 g/mol. The number of carboxylic acid groups (broad SMARTS) is 1. The van der Waals surface area contributed by atoms with Crippen molar-refractivity contribution in [3.05, 3.63) is 11.7 Å². The van der Waals surface area contributed by atoms with Crippen LogP contribution >= 0.6 is 0 Å². The van der Waals surface area contributed by atoms with E-state index >= 15 is 0 Å². The molecular formula is C13H23N3O3.